The van der Waals surface area contributed by atoms with Gasteiger partial charge in [-0.2, -0.15) is 0 Å². The Bertz CT molecular complexity index is 85.9. The van der Waals surface area contributed by atoms with Gasteiger partial charge in [0.2, 0.25) is 0 Å². The van der Waals surface area contributed by atoms with Crippen molar-refractivity contribution in [2.75, 3.05) is 0 Å². The van der Waals surface area contributed by atoms with E-state index in [1.807, 2.05) is 6.92 Å². The van der Waals surface area contributed by atoms with Crippen molar-refractivity contribution >= 4 is 31.9 Å². The molecule has 0 amide bonds. The van der Waals surface area contributed by atoms with Gasteiger partial charge in [-0.15, -0.1) is 0 Å². The normalized spacial score (nSPS) is 60.0. The van der Waals surface area contributed by atoms with Gasteiger partial charge in [-0.25, -0.2) is 0 Å². The van der Waals surface area contributed by atoms with E-state index in [2.05, 4.69) is 31.9 Å². The summed E-state index contributed by atoms with van der Waals surface area (Å²) in [7, 11) is 0. The van der Waals surface area contributed by atoms with Crippen LogP contribution >= 0.6 is 31.9 Å². The van der Waals surface area contributed by atoms with Crippen molar-refractivity contribution in [1.82, 2.24) is 0 Å². The summed E-state index contributed by atoms with van der Waals surface area (Å²) >= 11 is 6.43. The van der Waals surface area contributed by atoms with Gasteiger partial charge in [0.05, 0.1) is 4.32 Å². The quantitative estimate of drug-likeness (QED) is 0.627. The van der Waals surface area contributed by atoms with Crippen molar-refractivity contribution in [3.8, 4) is 0 Å². The molecule has 1 rings (SSSR count). The minimum Gasteiger partial charge on any atom is -0.377 e. The highest BCUT2D eigenvalue weighted by Gasteiger charge is 2.60. The van der Waals surface area contributed by atoms with Crippen LogP contribution in [0.15, 0.2) is 0 Å². The smallest absolute Gasteiger partial charge is 0.136 e. The van der Waals surface area contributed by atoms with Gasteiger partial charge < -0.3 is 5.11 Å². The standard InChI is InChI=1S/C4H6Br2O/c1-3(5)2-4(3,6)7/h7H,2H2,1H3. The van der Waals surface area contributed by atoms with Crippen LogP contribution in [-0.4, -0.2) is 13.9 Å². The second kappa shape index (κ2) is 1.25. The third-order valence-corrected chi connectivity index (χ3v) is 3.86. The third-order valence-electron chi connectivity index (χ3n) is 1.24. The molecule has 7 heavy (non-hydrogen) atoms. The summed E-state index contributed by atoms with van der Waals surface area (Å²) in [5.41, 5.74) is 0. The van der Waals surface area contributed by atoms with Crippen LogP contribution in [0.25, 0.3) is 0 Å². The summed E-state index contributed by atoms with van der Waals surface area (Å²) in [6, 6.07) is 0. The van der Waals surface area contributed by atoms with Gasteiger partial charge in [-0.05, 0) is 6.92 Å². The van der Waals surface area contributed by atoms with E-state index in [0.29, 0.717) is 0 Å². The summed E-state index contributed by atoms with van der Waals surface area (Å²) in [6.45, 7) is 1.95. The van der Waals surface area contributed by atoms with Crippen LogP contribution in [0.4, 0.5) is 0 Å². The Labute approximate surface area is 59.4 Å². The highest BCUT2D eigenvalue weighted by atomic mass is 79.9. The number of aliphatic hydroxyl groups is 1. The maximum Gasteiger partial charge on any atom is 0.136 e. The zero-order chi connectivity index (χ0) is 5.71. The van der Waals surface area contributed by atoms with E-state index in [-0.39, 0.29) is 4.32 Å². The Morgan fingerprint density at radius 1 is 1.57 bits per heavy atom. The average Bonchev–Trinajstić information content (AvgIpc) is 1.63. The monoisotopic (exact) mass is 228 g/mol. The zero-order valence-electron chi connectivity index (χ0n) is 3.91. The van der Waals surface area contributed by atoms with Crippen LogP contribution in [0.2, 0.25) is 0 Å². The van der Waals surface area contributed by atoms with Gasteiger partial charge in [0.1, 0.15) is 4.51 Å². The Morgan fingerprint density at radius 2 is 1.71 bits per heavy atom. The van der Waals surface area contributed by atoms with E-state index < -0.39 is 4.51 Å². The first-order valence-electron chi connectivity index (χ1n) is 2.06. The van der Waals surface area contributed by atoms with E-state index >= 15 is 0 Å². The molecule has 2 unspecified atom stereocenters. The molecule has 0 radical (unpaired) electrons. The highest BCUT2D eigenvalue weighted by Crippen LogP contribution is 2.58. The maximum absolute atomic E-state index is 9.03. The molecule has 0 spiro atoms. The maximum atomic E-state index is 9.03. The lowest BCUT2D eigenvalue weighted by atomic mass is 10.5. The fraction of sp³-hybridized carbons (Fsp3) is 1.00. The van der Waals surface area contributed by atoms with Crippen molar-refractivity contribution in [2.45, 2.75) is 22.2 Å². The Kier molecular flexibility index (Phi) is 1.08. The predicted octanol–water partition coefficient (Wildman–Crippen LogP) is 1.63. The molecular weight excluding hydrogens is 224 g/mol. The number of rotatable bonds is 0. The van der Waals surface area contributed by atoms with Gasteiger partial charge in [-0.1, -0.05) is 31.9 Å². The van der Waals surface area contributed by atoms with E-state index in [9.17, 15) is 0 Å². The number of halogens is 2. The topological polar surface area (TPSA) is 20.2 Å². The number of hydrogen-bond acceptors (Lipinski definition) is 1. The average molecular weight is 230 g/mol. The molecular formula is C4H6Br2O. The lowest BCUT2D eigenvalue weighted by molar-refractivity contribution is 0.243. The largest absolute Gasteiger partial charge is 0.377 e. The Morgan fingerprint density at radius 3 is 1.71 bits per heavy atom. The second-order valence-electron chi connectivity index (χ2n) is 2.13. The van der Waals surface area contributed by atoms with E-state index in [1.165, 1.54) is 0 Å². The van der Waals surface area contributed by atoms with Crippen molar-refractivity contribution in [3.05, 3.63) is 0 Å². The Hall–Kier alpha value is 0.920. The summed E-state index contributed by atoms with van der Waals surface area (Å²) in [6.07, 6.45) is 0.792. The van der Waals surface area contributed by atoms with Crippen molar-refractivity contribution < 1.29 is 5.11 Å². The highest BCUT2D eigenvalue weighted by molar-refractivity contribution is 9.13. The van der Waals surface area contributed by atoms with Crippen LogP contribution < -0.4 is 0 Å². The molecule has 0 heterocycles. The first kappa shape index (κ1) is 6.05. The van der Waals surface area contributed by atoms with Gasteiger partial charge in [0.25, 0.3) is 0 Å². The summed E-state index contributed by atoms with van der Waals surface area (Å²) < 4.78 is -0.694. The van der Waals surface area contributed by atoms with Crippen molar-refractivity contribution in [2.24, 2.45) is 0 Å². The molecule has 0 saturated heterocycles. The van der Waals surface area contributed by atoms with Gasteiger partial charge >= 0.3 is 0 Å². The van der Waals surface area contributed by atoms with Crippen molar-refractivity contribution in [1.29, 1.82) is 0 Å². The summed E-state index contributed by atoms with van der Waals surface area (Å²) in [4.78, 5) is 0. The first-order chi connectivity index (χ1) is 2.96. The van der Waals surface area contributed by atoms with Crippen LogP contribution in [0.1, 0.15) is 13.3 Å². The minimum absolute atomic E-state index is 0.0694. The lowest BCUT2D eigenvalue weighted by Crippen LogP contribution is -2.06. The molecule has 0 aromatic rings. The molecule has 0 aromatic heterocycles. The summed E-state index contributed by atoms with van der Waals surface area (Å²) in [5.74, 6) is 0. The molecule has 0 aliphatic heterocycles. The van der Waals surface area contributed by atoms with E-state index in [4.69, 9.17) is 5.11 Å². The van der Waals surface area contributed by atoms with Gasteiger partial charge in [0.15, 0.2) is 0 Å². The number of alkyl halides is 2. The van der Waals surface area contributed by atoms with Crippen LogP contribution in [0, 0.1) is 0 Å². The summed E-state index contributed by atoms with van der Waals surface area (Å²) in [5, 5.41) is 9.03. The van der Waals surface area contributed by atoms with Gasteiger partial charge in [-0.3, -0.25) is 0 Å². The Balaban J connectivity index is 2.59. The zero-order valence-corrected chi connectivity index (χ0v) is 7.08. The molecule has 2 atom stereocenters. The van der Waals surface area contributed by atoms with Gasteiger partial charge in [0, 0.05) is 6.42 Å². The second-order valence-corrected chi connectivity index (χ2v) is 5.20. The fourth-order valence-electron chi connectivity index (χ4n) is 0.396. The molecule has 1 saturated carbocycles. The molecule has 0 bridgehead atoms. The van der Waals surface area contributed by atoms with E-state index in [1.54, 1.807) is 0 Å². The van der Waals surface area contributed by atoms with Crippen LogP contribution in [-0.2, 0) is 0 Å². The van der Waals surface area contributed by atoms with Crippen LogP contribution in [0.5, 0.6) is 0 Å². The van der Waals surface area contributed by atoms with Crippen molar-refractivity contribution in [3.63, 3.8) is 0 Å². The molecule has 0 aromatic carbocycles. The molecule has 3 heteroatoms. The van der Waals surface area contributed by atoms with Crippen LogP contribution in [0.3, 0.4) is 0 Å². The molecule has 1 fully saturated rings. The molecule has 1 aliphatic carbocycles. The molecule has 1 N–H and O–H groups in total. The molecule has 1 aliphatic rings. The first-order valence-corrected chi connectivity index (χ1v) is 3.64. The van der Waals surface area contributed by atoms with E-state index in [0.717, 1.165) is 6.42 Å². The minimum atomic E-state index is -0.625. The molecule has 1 nitrogen and oxygen atoms in total. The number of hydrogen-bond donors (Lipinski definition) is 1. The molecule has 42 valence electrons. The lowest BCUT2D eigenvalue weighted by Gasteiger charge is -1.99. The predicted molar refractivity (Wildman–Crippen MR) is 35.8 cm³/mol. The fourth-order valence-corrected chi connectivity index (χ4v) is 1.74. The SMILES string of the molecule is CC1(Br)CC1(O)Br. The third kappa shape index (κ3) is 0.864.